The predicted octanol–water partition coefficient (Wildman–Crippen LogP) is 1.32. The molecule has 2 unspecified atom stereocenters. The van der Waals surface area contributed by atoms with Gasteiger partial charge in [-0.3, -0.25) is 16.3 Å². The number of aromatic nitrogens is 1. The smallest absolute Gasteiger partial charge is 0.0755 e. The van der Waals surface area contributed by atoms with E-state index in [9.17, 15) is 0 Å². The fraction of sp³-hybridized carbons (Fsp3) is 0.545. The summed E-state index contributed by atoms with van der Waals surface area (Å²) in [4.78, 5) is 4.24. The SMILES string of the molecule is CCOC(C)C(NN)c1ccc(C)nc1. The van der Waals surface area contributed by atoms with Crippen molar-refractivity contribution in [1.29, 1.82) is 0 Å². The number of hydrogen-bond acceptors (Lipinski definition) is 4. The molecule has 0 spiro atoms. The fourth-order valence-electron chi connectivity index (χ4n) is 1.53. The average Bonchev–Trinajstić information content (AvgIpc) is 2.22. The van der Waals surface area contributed by atoms with Crippen LogP contribution in [0, 0.1) is 6.92 Å². The molecule has 0 aliphatic heterocycles. The summed E-state index contributed by atoms with van der Waals surface area (Å²) >= 11 is 0. The Morgan fingerprint density at radius 3 is 2.73 bits per heavy atom. The summed E-state index contributed by atoms with van der Waals surface area (Å²) in [5.41, 5.74) is 4.80. The lowest BCUT2D eigenvalue weighted by Gasteiger charge is -2.23. The van der Waals surface area contributed by atoms with Gasteiger partial charge < -0.3 is 4.74 Å². The highest BCUT2D eigenvalue weighted by Crippen LogP contribution is 2.17. The zero-order chi connectivity index (χ0) is 11.3. The van der Waals surface area contributed by atoms with Gasteiger partial charge in [-0.25, -0.2) is 0 Å². The zero-order valence-electron chi connectivity index (χ0n) is 9.53. The maximum Gasteiger partial charge on any atom is 0.0755 e. The van der Waals surface area contributed by atoms with Crippen molar-refractivity contribution in [2.45, 2.75) is 32.9 Å². The highest BCUT2D eigenvalue weighted by atomic mass is 16.5. The first-order valence-corrected chi connectivity index (χ1v) is 5.19. The Labute approximate surface area is 90.8 Å². The summed E-state index contributed by atoms with van der Waals surface area (Å²) < 4.78 is 5.51. The second kappa shape index (κ2) is 5.80. The number of nitrogens with two attached hydrogens (primary N) is 1. The third-order valence-corrected chi connectivity index (χ3v) is 2.37. The third kappa shape index (κ3) is 3.27. The van der Waals surface area contributed by atoms with Crippen molar-refractivity contribution in [3.8, 4) is 0 Å². The second-order valence-electron chi connectivity index (χ2n) is 3.54. The summed E-state index contributed by atoms with van der Waals surface area (Å²) in [5, 5.41) is 0. The molecule has 0 bridgehead atoms. The molecule has 0 saturated heterocycles. The minimum absolute atomic E-state index is 0.0157. The summed E-state index contributed by atoms with van der Waals surface area (Å²) in [5.74, 6) is 5.52. The molecule has 0 aromatic carbocycles. The monoisotopic (exact) mass is 209 g/mol. The lowest BCUT2D eigenvalue weighted by atomic mass is 10.0. The summed E-state index contributed by atoms with van der Waals surface area (Å²) in [7, 11) is 0. The lowest BCUT2D eigenvalue weighted by Crippen LogP contribution is -2.36. The summed E-state index contributed by atoms with van der Waals surface area (Å²) in [6, 6.07) is 3.97. The number of nitrogens with zero attached hydrogens (tertiary/aromatic N) is 1. The van der Waals surface area contributed by atoms with Gasteiger partial charge in [0.15, 0.2) is 0 Å². The Morgan fingerprint density at radius 2 is 2.27 bits per heavy atom. The van der Waals surface area contributed by atoms with Crippen LogP contribution in [0.25, 0.3) is 0 Å². The highest BCUT2D eigenvalue weighted by molar-refractivity contribution is 5.18. The number of pyridine rings is 1. The Morgan fingerprint density at radius 1 is 1.53 bits per heavy atom. The highest BCUT2D eigenvalue weighted by Gasteiger charge is 2.18. The maximum atomic E-state index is 5.52. The Balaban J connectivity index is 2.77. The fourth-order valence-corrected chi connectivity index (χ4v) is 1.53. The van der Waals surface area contributed by atoms with E-state index in [-0.39, 0.29) is 12.1 Å². The maximum absolute atomic E-state index is 5.52. The van der Waals surface area contributed by atoms with E-state index in [0.717, 1.165) is 11.3 Å². The zero-order valence-corrected chi connectivity index (χ0v) is 9.53. The van der Waals surface area contributed by atoms with Gasteiger partial charge in [-0.2, -0.15) is 0 Å². The largest absolute Gasteiger partial charge is 0.377 e. The van der Waals surface area contributed by atoms with E-state index in [4.69, 9.17) is 10.6 Å². The first kappa shape index (κ1) is 12.1. The van der Waals surface area contributed by atoms with Crippen LogP contribution in [0.1, 0.15) is 31.1 Å². The van der Waals surface area contributed by atoms with E-state index < -0.39 is 0 Å². The number of aryl methyl sites for hydroxylation is 1. The van der Waals surface area contributed by atoms with Gasteiger partial charge in [-0.15, -0.1) is 0 Å². The van der Waals surface area contributed by atoms with Crippen LogP contribution in [0.3, 0.4) is 0 Å². The summed E-state index contributed by atoms with van der Waals surface area (Å²) in [6.07, 6.45) is 1.86. The Hall–Kier alpha value is -0.970. The molecule has 0 saturated carbocycles. The van der Waals surface area contributed by atoms with Crippen LogP contribution in [-0.4, -0.2) is 17.7 Å². The molecule has 0 fully saturated rings. The standard InChI is InChI=1S/C11H19N3O/c1-4-15-9(3)11(14-12)10-6-5-8(2)13-7-10/h5-7,9,11,14H,4,12H2,1-3H3. The number of rotatable bonds is 5. The molecule has 1 heterocycles. The second-order valence-corrected chi connectivity index (χ2v) is 3.54. The molecule has 0 amide bonds. The molecule has 0 radical (unpaired) electrons. The van der Waals surface area contributed by atoms with Gasteiger partial charge in [0.2, 0.25) is 0 Å². The molecule has 1 aromatic rings. The van der Waals surface area contributed by atoms with Gasteiger partial charge in [0, 0.05) is 18.5 Å². The van der Waals surface area contributed by atoms with Crippen molar-refractivity contribution >= 4 is 0 Å². The van der Waals surface area contributed by atoms with E-state index in [0.29, 0.717) is 6.61 Å². The van der Waals surface area contributed by atoms with Crippen molar-refractivity contribution in [1.82, 2.24) is 10.4 Å². The normalized spacial score (nSPS) is 14.9. The van der Waals surface area contributed by atoms with Gasteiger partial charge in [0.1, 0.15) is 0 Å². The van der Waals surface area contributed by atoms with E-state index >= 15 is 0 Å². The lowest BCUT2D eigenvalue weighted by molar-refractivity contribution is 0.0471. The molecule has 15 heavy (non-hydrogen) atoms. The van der Waals surface area contributed by atoms with Crippen LogP contribution in [0.5, 0.6) is 0 Å². The van der Waals surface area contributed by atoms with Crippen molar-refractivity contribution in [3.63, 3.8) is 0 Å². The first-order valence-electron chi connectivity index (χ1n) is 5.19. The van der Waals surface area contributed by atoms with Crippen LogP contribution < -0.4 is 11.3 Å². The van der Waals surface area contributed by atoms with Crippen molar-refractivity contribution in [3.05, 3.63) is 29.6 Å². The van der Waals surface area contributed by atoms with Crippen molar-refractivity contribution in [2.24, 2.45) is 5.84 Å². The molecule has 1 rings (SSSR count). The van der Waals surface area contributed by atoms with E-state index in [2.05, 4.69) is 10.4 Å². The van der Waals surface area contributed by atoms with Crippen LogP contribution in [0.2, 0.25) is 0 Å². The number of nitrogens with one attached hydrogen (secondary N) is 1. The molecule has 2 atom stereocenters. The molecule has 0 aliphatic rings. The van der Waals surface area contributed by atoms with Crippen LogP contribution in [-0.2, 0) is 4.74 Å². The average molecular weight is 209 g/mol. The van der Waals surface area contributed by atoms with Crippen LogP contribution in [0.15, 0.2) is 18.3 Å². The van der Waals surface area contributed by atoms with Gasteiger partial charge in [-0.05, 0) is 32.4 Å². The quantitative estimate of drug-likeness (QED) is 0.567. The van der Waals surface area contributed by atoms with E-state index in [1.54, 1.807) is 0 Å². The van der Waals surface area contributed by atoms with Crippen LogP contribution >= 0.6 is 0 Å². The first-order chi connectivity index (χ1) is 7.19. The molecular weight excluding hydrogens is 190 g/mol. The molecule has 0 aliphatic carbocycles. The third-order valence-electron chi connectivity index (χ3n) is 2.37. The topological polar surface area (TPSA) is 60.2 Å². The van der Waals surface area contributed by atoms with Crippen molar-refractivity contribution < 1.29 is 4.74 Å². The Kier molecular flexibility index (Phi) is 4.68. The van der Waals surface area contributed by atoms with Crippen molar-refractivity contribution in [2.75, 3.05) is 6.61 Å². The minimum atomic E-state index is -0.0157. The molecular formula is C11H19N3O. The summed E-state index contributed by atoms with van der Waals surface area (Å²) in [6.45, 7) is 6.60. The van der Waals surface area contributed by atoms with Gasteiger partial charge in [-0.1, -0.05) is 6.07 Å². The van der Waals surface area contributed by atoms with Gasteiger partial charge in [0.05, 0.1) is 12.1 Å². The minimum Gasteiger partial charge on any atom is -0.377 e. The van der Waals surface area contributed by atoms with E-state index in [1.807, 2.05) is 39.1 Å². The van der Waals surface area contributed by atoms with Gasteiger partial charge >= 0.3 is 0 Å². The number of hydrogen-bond donors (Lipinski definition) is 2. The van der Waals surface area contributed by atoms with Gasteiger partial charge in [0.25, 0.3) is 0 Å². The van der Waals surface area contributed by atoms with Crippen LogP contribution in [0.4, 0.5) is 0 Å². The molecule has 1 aromatic heterocycles. The molecule has 4 nitrogen and oxygen atoms in total. The Bertz CT molecular complexity index is 286. The molecule has 4 heteroatoms. The molecule has 84 valence electrons. The number of hydrazine groups is 1. The predicted molar refractivity (Wildman–Crippen MR) is 60.1 cm³/mol. The molecule has 3 N–H and O–H groups in total. The van der Waals surface area contributed by atoms with E-state index in [1.165, 1.54) is 0 Å². The number of ether oxygens (including phenoxy) is 1.